The summed E-state index contributed by atoms with van der Waals surface area (Å²) in [5.74, 6) is 0.103. The van der Waals surface area contributed by atoms with E-state index in [1.807, 2.05) is 0 Å². The first-order chi connectivity index (χ1) is 12.4. The molecule has 0 saturated heterocycles. The summed E-state index contributed by atoms with van der Waals surface area (Å²) in [5, 5.41) is 5.98. The number of carbonyl (C=O) groups excluding carboxylic acids is 1. The maximum absolute atomic E-state index is 12.4. The number of anilines is 1. The molecule has 0 aliphatic carbocycles. The number of urea groups is 1. The quantitative estimate of drug-likeness (QED) is 0.656. The molecule has 2 N–H and O–H groups in total. The molecule has 9 heteroatoms. The van der Waals surface area contributed by atoms with Gasteiger partial charge in [0.2, 0.25) is 0 Å². The fourth-order valence-corrected chi connectivity index (χ4v) is 2.40. The average Bonchev–Trinajstić information content (AvgIpc) is 2.58. The molecule has 2 amide bonds. The van der Waals surface area contributed by atoms with Gasteiger partial charge in [-0.05, 0) is 42.8 Å². The molecule has 0 atom stereocenters. The maximum Gasteiger partial charge on any atom is 0.387 e. The molecule has 0 radical (unpaired) electrons. The molecule has 0 spiro atoms. The molecule has 0 saturated carbocycles. The van der Waals surface area contributed by atoms with E-state index in [9.17, 15) is 13.6 Å². The third-order valence-electron chi connectivity index (χ3n) is 3.15. The van der Waals surface area contributed by atoms with Gasteiger partial charge < -0.3 is 20.1 Å². The van der Waals surface area contributed by atoms with E-state index < -0.39 is 12.6 Å². The zero-order chi connectivity index (χ0) is 19.1. The number of nitrogens with one attached hydrogen (secondary N) is 2. The Bertz CT molecular complexity index is 776. The molecule has 0 aromatic heterocycles. The van der Waals surface area contributed by atoms with Crippen molar-refractivity contribution in [2.75, 3.05) is 11.9 Å². The van der Waals surface area contributed by atoms with Crippen LogP contribution in [0, 0.1) is 0 Å². The molecule has 5 nitrogen and oxygen atoms in total. The van der Waals surface area contributed by atoms with E-state index in [1.54, 1.807) is 25.1 Å². The van der Waals surface area contributed by atoms with E-state index in [4.69, 9.17) is 27.9 Å². The highest BCUT2D eigenvalue weighted by Gasteiger charge is 2.12. The van der Waals surface area contributed by atoms with Gasteiger partial charge in [-0.15, -0.1) is 0 Å². The average molecular weight is 405 g/mol. The highest BCUT2D eigenvalue weighted by atomic mass is 35.5. The number of hydrogen-bond donors (Lipinski definition) is 2. The molecule has 0 bridgehead atoms. The van der Waals surface area contributed by atoms with E-state index in [2.05, 4.69) is 15.4 Å². The molecular formula is C17H16Cl2F2N2O3. The minimum atomic E-state index is -2.95. The topological polar surface area (TPSA) is 59.6 Å². The Hall–Kier alpha value is -2.25. The number of ether oxygens (including phenoxy) is 2. The first kappa shape index (κ1) is 20.1. The van der Waals surface area contributed by atoms with Crippen LogP contribution in [0.1, 0.15) is 12.5 Å². The zero-order valence-corrected chi connectivity index (χ0v) is 15.2. The van der Waals surface area contributed by atoms with Crippen molar-refractivity contribution in [3.8, 4) is 11.5 Å². The zero-order valence-electron chi connectivity index (χ0n) is 13.7. The molecule has 140 valence electrons. The van der Waals surface area contributed by atoms with Gasteiger partial charge in [0.1, 0.15) is 0 Å². The summed E-state index contributed by atoms with van der Waals surface area (Å²) in [7, 11) is 0. The van der Waals surface area contributed by atoms with Crippen molar-refractivity contribution in [2.45, 2.75) is 20.1 Å². The van der Waals surface area contributed by atoms with Crippen LogP contribution in [-0.4, -0.2) is 19.2 Å². The van der Waals surface area contributed by atoms with E-state index in [0.717, 1.165) is 0 Å². The fraction of sp³-hybridized carbons (Fsp3) is 0.235. The van der Waals surface area contributed by atoms with Crippen LogP contribution >= 0.6 is 23.2 Å². The molecule has 0 aliphatic rings. The Kier molecular flexibility index (Phi) is 7.29. The molecule has 0 aliphatic heterocycles. The van der Waals surface area contributed by atoms with Gasteiger partial charge in [-0.3, -0.25) is 0 Å². The van der Waals surface area contributed by atoms with Crippen molar-refractivity contribution in [2.24, 2.45) is 0 Å². The maximum atomic E-state index is 12.4. The van der Waals surface area contributed by atoms with Crippen LogP contribution in [0.25, 0.3) is 0 Å². The summed E-state index contributed by atoms with van der Waals surface area (Å²) in [6.45, 7) is -0.811. The summed E-state index contributed by atoms with van der Waals surface area (Å²) in [4.78, 5) is 12.0. The molecule has 0 heterocycles. The van der Waals surface area contributed by atoms with Crippen LogP contribution in [0.3, 0.4) is 0 Å². The van der Waals surface area contributed by atoms with Gasteiger partial charge in [-0.25, -0.2) is 4.79 Å². The smallest absolute Gasteiger partial charge is 0.387 e. The number of carbonyl (C=O) groups is 1. The van der Waals surface area contributed by atoms with Gasteiger partial charge in [0.15, 0.2) is 11.5 Å². The highest BCUT2D eigenvalue weighted by Crippen LogP contribution is 2.30. The van der Waals surface area contributed by atoms with Crippen LogP contribution in [0.15, 0.2) is 36.4 Å². The first-order valence-corrected chi connectivity index (χ1v) is 8.35. The normalized spacial score (nSPS) is 10.5. The largest absolute Gasteiger partial charge is 0.490 e. The minimum absolute atomic E-state index is 0.0687. The Balaban J connectivity index is 2.00. The van der Waals surface area contributed by atoms with Crippen molar-refractivity contribution >= 4 is 34.9 Å². The second-order valence-corrected chi connectivity index (χ2v) is 5.87. The van der Waals surface area contributed by atoms with Gasteiger partial charge in [-0.2, -0.15) is 8.78 Å². The predicted molar refractivity (Wildman–Crippen MR) is 96.6 cm³/mol. The molecule has 2 rings (SSSR count). The Labute approximate surface area is 159 Å². The van der Waals surface area contributed by atoms with Crippen molar-refractivity contribution < 1.29 is 23.0 Å². The summed E-state index contributed by atoms with van der Waals surface area (Å²) >= 11 is 11.8. The van der Waals surface area contributed by atoms with Crippen LogP contribution < -0.4 is 20.1 Å². The second kappa shape index (κ2) is 9.45. The Morgan fingerprint density at radius 3 is 2.62 bits per heavy atom. The first-order valence-electron chi connectivity index (χ1n) is 7.59. The summed E-state index contributed by atoms with van der Waals surface area (Å²) < 4.78 is 34.5. The number of amides is 2. The van der Waals surface area contributed by atoms with Gasteiger partial charge in [0.25, 0.3) is 0 Å². The molecular weight excluding hydrogens is 389 g/mol. The highest BCUT2D eigenvalue weighted by molar-refractivity contribution is 6.35. The van der Waals surface area contributed by atoms with Crippen LogP contribution in [0.5, 0.6) is 11.5 Å². The SMILES string of the molecule is CCOc1cc(CNC(=O)Nc2cc(Cl)ccc2Cl)ccc1OC(F)F. The van der Waals surface area contributed by atoms with Crippen molar-refractivity contribution in [3.63, 3.8) is 0 Å². The number of halogens is 4. The van der Waals surface area contributed by atoms with Crippen molar-refractivity contribution in [1.29, 1.82) is 0 Å². The second-order valence-electron chi connectivity index (χ2n) is 5.02. The summed E-state index contributed by atoms with van der Waals surface area (Å²) in [6.07, 6.45) is 0. The summed E-state index contributed by atoms with van der Waals surface area (Å²) in [5.41, 5.74) is 1.01. The number of hydrogen-bond acceptors (Lipinski definition) is 3. The van der Waals surface area contributed by atoms with E-state index in [0.29, 0.717) is 21.3 Å². The van der Waals surface area contributed by atoms with Gasteiger partial charge >= 0.3 is 12.6 Å². The van der Waals surface area contributed by atoms with Crippen LogP contribution in [0.4, 0.5) is 19.3 Å². The third-order valence-corrected chi connectivity index (χ3v) is 3.72. The lowest BCUT2D eigenvalue weighted by atomic mass is 10.2. The molecule has 2 aromatic carbocycles. The fourth-order valence-electron chi connectivity index (χ4n) is 2.07. The predicted octanol–water partition coefficient (Wildman–Crippen LogP) is 5.32. The molecule has 0 unspecified atom stereocenters. The van der Waals surface area contributed by atoms with Crippen molar-refractivity contribution in [3.05, 3.63) is 52.0 Å². The Morgan fingerprint density at radius 1 is 1.15 bits per heavy atom. The number of alkyl halides is 2. The minimum Gasteiger partial charge on any atom is -0.490 e. The van der Waals surface area contributed by atoms with Gasteiger partial charge in [-0.1, -0.05) is 29.3 Å². The van der Waals surface area contributed by atoms with E-state index in [-0.39, 0.29) is 24.7 Å². The molecule has 0 fully saturated rings. The molecule has 26 heavy (non-hydrogen) atoms. The number of rotatable bonds is 7. The lowest BCUT2D eigenvalue weighted by Gasteiger charge is -2.13. The molecule has 2 aromatic rings. The van der Waals surface area contributed by atoms with Crippen LogP contribution in [0.2, 0.25) is 10.0 Å². The Morgan fingerprint density at radius 2 is 1.92 bits per heavy atom. The van der Waals surface area contributed by atoms with E-state index >= 15 is 0 Å². The lowest BCUT2D eigenvalue weighted by Crippen LogP contribution is -2.28. The van der Waals surface area contributed by atoms with Crippen molar-refractivity contribution in [1.82, 2.24) is 5.32 Å². The third kappa shape index (κ3) is 5.93. The van der Waals surface area contributed by atoms with Crippen LogP contribution in [-0.2, 0) is 6.54 Å². The standard InChI is InChI=1S/C17H16Cl2F2N2O3/c1-2-25-15-7-10(3-6-14(15)26-16(20)21)9-22-17(24)23-13-8-11(18)4-5-12(13)19/h3-8,16H,2,9H2,1H3,(H2,22,23,24). The van der Waals surface area contributed by atoms with Gasteiger partial charge in [0.05, 0.1) is 17.3 Å². The monoisotopic (exact) mass is 404 g/mol. The van der Waals surface area contributed by atoms with Gasteiger partial charge in [0, 0.05) is 11.6 Å². The lowest BCUT2D eigenvalue weighted by molar-refractivity contribution is -0.0514. The number of benzene rings is 2. The summed E-state index contributed by atoms with van der Waals surface area (Å²) in [6, 6.07) is 8.62. The van der Waals surface area contributed by atoms with E-state index in [1.165, 1.54) is 18.2 Å².